The van der Waals surface area contributed by atoms with E-state index in [1.54, 1.807) is 44.2 Å². The van der Waals surface area contributed by atoms with E-state index < -0.39 is 48.8 Å². The van der Waals surface area contributed by atoms with Crippen LogP contribution < -0.4 is 0 Å². The van der Waals surface area contributed by atoms with E-state index >= 15 is 0 Å². The van der Waals surface area contributed by atoms with Crippen LogP contribution >= 0.6 is 0 Å². The van der Waals surface area contributed by atoms with Gasteiger partial charge in [-0.05, 0) is 16.7 Å². The van der Waals surface area contributed by atoms with Gasteiger partial charge in [-0.15, -0.1) is 0 Å². The lowest BCUT2D eigenvalue weighted by atomic mass is 9.79. The average molecular weight is 545 g/mol. The zero-order valence-corrected chi connectivity index (χ0v) is 22.5. The van der Waals surface area contributed by atoms with E-state index in [4.69, 9.17) is 14.2 Å². The molecule has 4 rings (SSSR count). The van der Waals surface area contributed by atoms with Crippen molar-refractivity contribution >= 4 is 23.8 Å². The Balaban J connectivity index is 1.68. The van der Waals surface area contributed by atoms with Crippen LogP contribution in [-0.2, 0) is 41.8 Å². The van der Waals surface area contributed by atoms with Crippen molar-refractivity contribution < 1.29 is 33.4 Å². The van der Waals surface area contributed by atoms with Gasteiger partial charge in [0.2, 0.25) is 0 Å². The second-order valence-corrected chi connectivity index (χ2v) is 9.37. The van der Waals surface area contributed by atoms with Crippen LogP contribution in [0, 0.1) is 0 Å². The van der Waals surface area contributed by atoms with Crippen LogP contribution in [0.4, 0.5) is 4.79 Å². The second kappa shape index (κ2) is 13.1. The van der Waals surface area contributed by atoms with Gasteiger partial charge >= 0.3 is 12.0 Å². The molecule has 1 aliphatic rings. The van der Waals surface area contributed by atoms with Gasteiger partial charge in [-0.1, -0.05) is 105 Å². The maximum Gasteiger partial charge on any atom is 0.337 e. The first kappa shape index (κ1) is 28.7. The number of barbiturate groups is 1. The Morgan fingerprint density at radius 1 is 0.725 bits per heavy atom. The van der Waals surface area contributed by atoms with Gasteiger partial charge in [0.15, 0.2) is 0 Å². The van der Waals surface area contributed by atoms with Crippen molar-refractivity contribution in [2.75, 3.05) is 13.5 Å². The minimum Gasteiger partial charge on any atom is -0.438 e. The summed E-state index contributed by atoms with van der Waals surface area (Å²) in [7, 11) is 0. The molecule has 0 radical (unpaired) electrons. The first-order chi connectivity index (χ1) is 19.4. The molecule has 1 fully saturated rings. The van der Waals surface area contributed by atoms with Gasteiger partial charge in [0.1, 0.15) is 13.5 Å². The average Bonchev–Trinajstić information content (AvgIpc) is 3.00. The molecule has 3 aromatic rings. The molecule has 0 aliphatic carbocycles. The van der Waals surface area contributed by atoms with E-state index in [9.17, 15) is 19.2 Å². The molecule has 0 spiro atoms. The van der Waals surface area contributed by atoms with Crippen LogP contribution in [0.5, 0.6) is 0 Å². The molecule has 9 heteroatoms. The highest BCUT2D eigenvalue weighted by Crippen LogP contribution is 2.39. The first-order valence-electron chi connectivity index (χ1n) is 13.1. The quantitative estimate of drug-likeness (QED) is 0.242. The van der Waals surface area contributed by atoms with E-state index in [1.165, 1.54) is 0 Å². The molecule has 1 heterocycles. The lowest BCUT2D eigenvalue weighted by Crippen LogP contribution is -2.72. The number of hydrogen-bond acceptors (Lipinski definition) is 7. The highest BCUT2D eigenvalue weighted by atomic mass is 16.6. The van der Waals surface area contributed by atoms with Crippen LogP contribution in [0.15, 0.2) is 91.0 Å². The number of hydrogen-bond donors (Lipinski definition) is 0. The maximum atomic E-state index is 14.1. The van der Waals surface area contributed by atoms with Gasteiger partial charge in [0, 0.05) is 12.3 Å². The summed E-state index contributed by atoms with van der Waals surface area (Å²) in [5, 5.41) is 0. The summed E-state index contributed by atoms with van der Waals surface area (Å²) >= 11 is 0. The van der Waals surface area contributed by atoms with Crippen LogP contribution in [-0.4, -0.2) is 52.7 Å². The molecule has 0 aromatic heterocycles. The lowest BCUT2D eigenvalue weighted by molar-refractivity contribution is -0.193. The van der Waals surface area contributed by atoms with Crippen molar-refractivity contribution in [1.82, 2.24) is 9.80 Å². The predicted octanol–water partition coefficient (Wildman–Crippen LogP) is 4.62. The SMILES string of the molecule is CCC(=O)OC1(C(C)c2ccccc2)C(=O)N(COCc2ccccc2)C(=O)N(COCc2ccccc2)C1=O. The Morgan fingerprint density at radius 3 is 1.57 bits per heavy atom. The molecule has 4 amide bonds. The van der Waals surface area contributed by atoms with Crippen molar-refractivity contribution in [2.24, 2.45) is 0 Å². The fourth-order valence-electron chi connectivity index (χ4n) is 4.47. The van der Waals surface area contributed by atoms with Gasteiger partial charge in [-0.3, -0.25) is 14.4 Å². The van der Waals surface area contributed by atoms with Crippen molar-refractivity contribution in [2.45, 2.75) is 45.0 Å². The third kappa shape index (κ3) is 6.11. The van der Waals surface area contributed by atoms with Gasteiger partial charge in [-0.2, -0.15) is 0 Å². The summed E-state index contributed by atoms with van der Waals surface area (Å²) in [5.41, 5.74) is -0.0910. The van der Waals surface area contributed by atoms with Crippen molar-refractivity contribution in [3.63, 3.8) is 0 Å². The van der Waals surface area contributed by atoms with E-state index in [0.29, 0.717) is 5.56 Å². The van der Waals surface area contributed by atoms with E-state index in [2.05, 4.69) is 0 Å². The fraction of sp³-hybridized carbons (Fsp3) is 0.290. The van der Waals surface area contributed by atoms with Crippen LogP contribution in [0.3, 0.4) is 0 Å². The van der Waals surface area contributed by atoms with E-state index in [1.807, 2.05) is 60.7 Å². The van der Waals surface area contributed by atoms with Crippen LogP contribution in [0.25, 0.3) is 0 Å². The van der Waals surface area contributed by atoms with Crippen LogP contribution in [0.1, 0.15) is 42.9 Å². The topological polar surface area (TPSA) is 102 Å². The zero-order chi connectivity index (χ0) is 28.5. The second-order valence-electron chi connectivity index (χ2n) is 9.37. The Kier molecular flexibility index (Phi) is 9.42. The molecule has 1 unspecified atom stereocenters. The third-order valence-corrected chi connectivity index (χ3v) is 6.72. The summed E-state index contributed by atoms with van der Waals surface area (Å²) in [5.74, 6) is -3.61. The highest BCUT2D eigenvalue weighted by Gasteiger charge is 2.63. The number of carbonyl (C=O) groups is 4. The lowest BCUT2D eigenvalue weighted by Gasteiger charge is -2.45. The summed E-state index contributed by atoms with van der Waals surface area (Å²) in [6.45, 7) is 2.51. The number of imide groups is 2. The molecule has 9 nitrogen and oxygen atoms in total. The molecule has 1 atom stereocenters. The van der Waals surface area contributed by atoms with E-state index in [-0.39, 0.29) is 19.6 Å². The number of nitrogens with zero attached hydrogens (tertiary/aromatic N) is 2. The van der Waals surface area contributed by atoms with Crippen molar-refractivity contribution in [3.8, 4) is 0 Å². The molecule has 1 aliphatic heterocycles. The minimum atomic E-state index is -2.34. The molecule has 1 saturated heterocycles. The molecule has 3 aromatic carbocycles. The number of urea groups is 1. The molecule has 0 bridgehead atoms. The Morgan fingerprint density at radius 2 is 1.15 bits per heavy atom. The maximum absolute atomic E-state index is 14.1. The molecule has 0 N–H and O–H groups in total. The summed E-state index contributed by atoms with van der Waals surface area (Å²) in [6.07, 6.45) is -0.0766. The molecular formula is C31H32N2O7. The van der Waals surface area contributed by atoms with Crippen molar-refractivity contribution in [3.05, 3.63) is 108 Å². The van der Waals surface area contributed by atoms with E-state index in [0.717, 1.165) is 20.9 Å². The van der Waals surface area contributed by atoms with Crippen molar-refractivity contribution in [1.29, 1.82) is 0 Å². The summed E-state index contributed by atoms with van der Waals surface area (Å²) < 4.78 is 17.2. The monoisotopic (exact) mass is 544 g/mol. The normalized spacial score (nSPS) is 15.7. The Hall–Kier alpha value is -4.34. The largest absolute Gasteiger partial charge is 0.438 e. The standard InChI is InChI=1S/C31H32N2O7/c1-3-27(34)40-31(23(2)26-17-11-6-12-18-26)28(35)32(21-38-19-24-13-7-4-8-14-24)30(37)33(29(31)36)22-39-20-25-15-9-5-10-16-25/h4-18,23H,3,19-22H2,1-2H3. The summed E-state index contributed by atoms with van der Waals surface area (Å²) in [4.78, 5) is 56.0. The van der Waals surface area contributed by atoms with Gasteiger partial charge in [-0.25, -0.2) is 14.6 Å². The highest BCUT2D eigenvalue weighted by molar-refractivity contribution is 6.22. The predicted molar refractivity (Wildman–Crippen MR) is 145 cm³/mol. The number of esters is 1. The fourth-order valence-corrected chi connectivity index (χ4v) is 4.47. The van der Waals surface area contributed by atoms with Gasteiger partial charge in [0.05, 0.1) is 13.2 Å². The zero-order valence-electron chi connectivity index (χ0n) is 22.5. The van der Waals surface area contributed by atoms with Crippen LogP contribution in [0.2, 0.25) is 0 Å². The number of benzene rings is 3. The molecule has 40 heavy (non-hydrogen) atoms. The van der Waals surface area contributed by atoms with Gasteiger partial charge < -0.3 is 14.2 Å². The number of carbonyl (C=O) groups excluding carboxylic acids is 4. The Labute approximate surface area is 233 Å². The molecule has 0 saturated carbocycles. The number of rotatable bonds is 12. The van der Waals surface area contributed by atoms with Gasteiger partial charge in [0.25, 0.3) is 17.4 Å². The third-order valence-electron chi connectivity index (χ3n) is 6.72. The minimum absolute atomic E-state index is 0.0766. The first-order valence-corrected chi connectivity index (χ1v) is 13.1. The smallest absolute Gasteiger partial charge is 0.337 e. The number of ether oxygens (including phenoxy) is 3. The number of amides is 4. The summed E-state index contributed by atoms with van der Waals surface area (Å²) in [6, 6.07) is 26.3. The molecule has 208 valence electrons. The molecular weight excluding hydrogens is 512 g/mol. The Bertz CT molecular complexity index is 1250.